The van der Waals surface area contributed by atoms with E-state index in [1.807, 2.05) is 12.3 Å². The minimum Gasteiger partial charge on any atom is -0.373 e. The Morgan fingerprint density at radius 2 is 1.38 bits per heavy atom. The summed E-state index contributed by atoms with van der Waals surface area (Å²) in [7, 11) is -3.66. The molecule has 0 saturated heterocycles. The normalized spacial score (nSPS) is 11.4. The molecule has 0 aliphatic heterocycles. The van der Waals surface area contributed by atoms with Gasteiger partial charge in [0.05, 0.1) is 11.5 Å². The molecule has 13 heteroatoms. The molecule has 2 unspecified atom stereocenters. The minimum atomic E-state index is -3.66. The van der Waals surface area contributed by atoms with Gasteiger partial charge < -0.3 is 11.1 Å². The average Bonchev–Trinajstić information content (AvgIpc) is 3.60. The zero-order chi connectivity index (χ0) is 27.5. The van der Waals surface area contributed by atoms with Crippen LogP contribution < -0.4 is 29.6 Å². The number of aryl methyl sites for hydroxylation is 1. The van der Waals surface area contributed by atoms with Crippen molar-refractivity contribution in [2.24, 2.45) is 17.0 Å². The van der Waals surface area contributed by atoms with Gasteiger partial charge in [0.15, 0.2) is 0 Å². The van der Waals surface area contributed by atoms with Crippen molar-refractivity contribution in [1.82, 2.24) is 0 Å². The van der Waals surface area contributed by atoms with Crippen LogP contribution in [0.3, 0.4) is 0 Å². The molecule has 2 heterocycles. The summed E-state index contributed by atoms with van der Waals surface area (Å²) in [5.74, 6) is 0.699. The monoisotopic (exact) mass is 600 g/mol. The van der Waals surface area contributed by atoms with E-state index < -0.39 is 10.1 Å². The maximum atomic E-state index is 12.1. The third kappa shape index (κ3) is 16.8. The molecule has 2 aromatic heterocycles. The largest absolute Gasteiger partial charge is 1.00 e. The Labute approximate surface area is 263 Å². The van der Waals surface area contributed by atoms with Crippen LogP contribution in [0, 0.1) is 18.8 Å². The molecule has 1 aromatic carbocycles. The van der Waals surface area contributed by atoms with Gasteiger partial charge in [0.25, 0.3) is 10.1 Å². The molecule has 0 spiro atoms. The SMILES string of the molecule is C.CCC(CN=[N+]=[N-])Cc1ccsc1.CCC(COS(=O)(=O)c1ccc(C)cc1)Cc1ccsc1.[N-]=[N+]=[N-].[Na+]. The summed E-state index contributed by atoms with van der Waals surface area (Å²) in [5.41, 5.74) is 25.3. The molecule has 0 fully saturated rings. The van der Waals surface area contributed by atoms with E-state index >= 15 is 0 Å². The van der Waals surface area contributed by atoms with E-state index in [1.54, 1.807) is 46.9 Å². The summed E-state index contributed by atoms with van der Waals surface area (Å²) in [6, 6.07) is 10.9. The first-order chi connectivity index (χ1) is 17.8. The van der Waals surface area contributed by atoms with Crippen molar-refractivity contribution >= 4 is 32.8 Å². The molecule has 3 rings (SSSR count). The molecule has 0 saturated carbocycles. The molecule has 0 radical (unpaired) electrons. The predicted molar refractivity (Wildman–Crippen MR) is 159 cm³/mol. The minimum absolute atomic E-state index is 0. The maximum Gasteiger partial charge on any atom is 1.00 e. The van der Waals surface area contributed by atoms with Crippen molar-refractivity contribution in [1.29, 1.82) is 0 Å². The molecule has 0 amide bonds. The second-order valence-corrected chi connectivity index (χ2v) is 11.4. The zero-order valence-corrected chi connectivity index (χ0v) is 26.8. The Bertz CT molecular complexity index is 1190. The first-order valence-corrected chi connectivity index (χ1v) is 15.1. The standard InChI is InChI=1S/C16H20O3S2.C9H13N3S.CH4.N3.Na/c1-3-14(10-15-8-9-20-12-15)11-19-21(17,18)16-6-4-13(2)5-7-16;1-2-8(6-11-12-10)5-9-3-4-13-7-9;;1-3-2;/h4-9,12,14H,3,10-11H2,1-2H3;3-4,7-8H,2,5-6H2,1H3;1H4;;/q;;;-1;+1. The van der Waals surface area contributed by atoms with Crippen molar-refractivity contribution in [2.45, 2.75) is 58.8 Å². The fraction of sp³-hybridized carbons (Fsp3) is 0.462. The number of benzene rings is 1. The Balaban J connectivity index is 0. The summed E-state index contributed by atoms with van der Waals surface area (Å²) < 4.78 is 29.5. The predicted octanol–water partition coefficient (Wildman–Crippen LogP) is 6.16. The molecule has 0 aliphatic carbocycles. The quantitative estimate of drug-likeness (QED) is 0.0804. The molecule has 9 nitrogen and oxygen atoms in total. The Kier molecular flexibility index (Phi) is 23.1. The van der Waals surface area contributed by atoms with Crippen LogP contribution >= 0.6 is 22.7 Å². The molecular weight excluding hydrogens is 564 g/mol. The van der Waals surface area contributed by atoms with Crippen LogP contribution in [0.4, 0.5) is 0 Å². The van der Waals surface area contributed by atoms with Crippen LogP contribution in [0.2, 0.25) is 0 Å². The van der Waals surface area contributed by atoms with Crippen molar-refractivity contribution in [3.8, 4) is 0 Å². The van der Waals surface area contributed by atoms with Gasteiger partial charge in [-0.15, -0.1) is 0 Å². The zero-order valence-electron chi connectivity index (χ0n) is 22.3. The van der Waals surface area contributed by atoms with Gasteiger partial charge >= 0.3 is 29.6 Å². The van der Waals surface area contributed by atoms with E-state index in [0.717, 1.165) is 31.2 Å². The molecule has 208 valence electrons. The number of azide groups is 1. The van der Waals surface area contributed by atoms with Crippen LogP contribution in [0.15, 0.2) is 67.9 Å². The van der Waals surface area contributed by atoms with Crippen LogP contribution in [0.25, 0.3) is 26.4 Å². The molecule has 0 aliphatic rings. The molecule has 3 aromatic rings. The summed E-state index contributed by atoms with van der Waals surface area (Å²) >= 11 is 3.37. The van der Waals surface area contributed by atoms with Gasteiger partial charge in [0.1, 0.15) is 0 Å². The maximum absolute atomic E-state index is 12.1. The van der Waals surface area contributed by atoms with Gasteiger partial charge in [-0.05, 0) is 94.0 Å². The smallest absolute Gasteiger partial charge is 0.373 e. The summed E-state index contributed by atoms with van der Waals surface area (Å²) in [4.78, 5) is 4.50. The summed E-state index contributed by atoms with van der Waals surface area (Å²) in [5, 5.41) is 12.0. The van der Waals surface area contributed by atoms with Crippen LogP contribution in [-0.4, -0.2) is 21.6 Å². The van der Waals surface area contributed by atoms with Crippen LogP contribution in [0.1, 0.15) is 50.8 Å². The molecular formula is C26H37N6NaO3S3. The van der Waals surface area contributed by atoms with E-state index in [4.69, 9.17) is 20.8 Å². The summed E-state index contributed by atoms with van der Waals surface area (Å²) in [6.45, 7) is 6.94. The fourth-order valence-electron chi connectivity index (χ4n) is 3.25. The Morgan fingerprint density at radius 3 is 1.79 bits per heavy atom. The number of nitrogens with zero attached hydrogens (tertiary/aromatic N) is 6. The third-order valence-electron chi connectivity index (χ3n) is 5.54. The second kappa shape index (κ2) is 22.9. The van der Waals surface area contributed by atoms with E-state index in [1.165, 1.54) is 16.0 Å². The topological polar surface area (TPSA) is 151 Å². The molecule has 0 N–H and O–H groups in total. The van der Waals surface area contributed by atoms with Crippen molar-refractivity contribution in [3.63, 3.8) is 0 Å². The molecule has 2 atom stereocenters. The van der Waals surface area contributed by atoms with E-state index in [0.29, 0.717) is 12.5 Å². The van der Waals surface area contributed by atoms with Gasteiger partial charge in [-0.2, -0.15) is 31.1 Å². The van der Waals surface area contributed by atoms with Gasteiger partial charge in [-0.3, -0.25) is 9.09 Å². The van der Waals surface area contributed by atoms with E-state index in [2.05, 4.69) is 52.1 Å². The van der Waals surface area contributed by atoms with Crippen LogP contribution in [-0.2, 0) is 27.1 Å². The Hall–Kier alpha value is -1.85. The van der Waals surface area contributed by atoms with Crippen molar-refractivity contribution in [3.05, 3.63) is 101 Å². The number of thiophene rings is 2. The number of hydrogen-bond donors (Lipinski definition) is 0. The average molecular weight is 601 g/mol. The second-order valence-electron chi connectivity index (χ2n) is 8.27. The number of rotatable bonds is 12. The Morgan fingerprint density at radius 1 is 0.897 bits per heavy atom. The van der Waals surface area contributed by atoms with Gasteiger partial charge in [-0.1, -0.05) is 56.9 Å². The van der Waals surface area contributed by atoms with Crippen LogP contribution in [0.5, 0.6) is 0 Å². The van der Waals surface area contributed by atoms with E-state index in [9.17, 15) is 8.42 Å². The molecule has 0 bridgehead atoms. The van der Waals surface area contributed by atoms with E-state index in [-0.39, 0.29) is 54.4 Å². The summed E-state index contributed by atoms with van der Waals surface area (Å²) in [6.07, 6.45) is 3.83. The van der Waals surface area contributed by atoms with Gasteiger partial charge in [-0.25, -0.2) is 0 Å². The number of hydrogen-bond acceptors (Lipinski definition) is 6. The van der Waals surface area contributed by atoms with Crippen molar-refractivity contribution in [2.75, 3.05) is 13.2 Å². The first kappa shape index (κ1) is 39.3. The van der Waals surface area contributed by atoms with Gasteiger partial charge in [0, 0.05) is 11.5 Å². The third-order valence-corrected chi connectivity index (χ3v) is 8.30. The molecule has 39 heavy (non-hydrogen) atoms. The van der Waals surface area contributed by atoms with Gasteiger partial charge in [0.2, 0.25) is 0 Å². The fourth-order valence-corrected chi connectivity index (χ4v) is 5.59. The van der Waals surface area contributed by atoms with Crippen molar-refractivity contribution < 1.29 is 42.2 Å². The first-order valence-electron chi connectivity index (χ1n) is 11.8.